The van der Waals surface area contributed by atoms with Gasteiger partial charge in [0.05, 0.1) is 6.54 Å². The van der Waals surface area contributed by atoms with Gasteiger partial charge in [-0.3, -0.25) is 14.5 Å². The van der Waals surface area contributed by atoms with E-state index < -0.39 is 12.0 Å². The van der Waals surface area contributed by atoms with Crippen LogP contribution in [0.2, 0.25) is 0 Å². The number of carboxylic acid groups (broad SMARTS) is 1. The van der Waals surface area contributed by atoms with E-state index in [4.69, 9.17) is 0 Å². The Bertz CT molecular complexity index is 399. The lowest BCUT2D eigenvalue weighted by Gasteiger charge is -2.35. The summed E-state index contributed by atoms with van der Waals surface area (Å²) in [6.45, 7) is 7.29. The van der Waals surface area contributed by atoms with Crippen molar-refractivity contribution in [3.05, 3.63) is 0 Å². The average molecular weight is 296 g/mol. The molecule has 0 radical (unpaired) electrons. The van der Waals surface area contributed by atoms with E-state index in [2.05, 4.69) is 19.2 Å². The fourth-order valence-electron chi connectivity index (χ4n) is 3.83. The summed E-state index contributed by atoms with van der Waals surface area (Å²) in [5.74, 6) is 0.413. The first-order chi connectivity index (χ1) is 9.90. The Morgan fingerprint density at radius 3 is 2.52 bits per heavy atom. The molecule has 21 heavy (non-hydrogen) atoms. The summed E-state index contributed by atoms with van der Waals surface area (Å²) >= 11 is 0. The lowest BCUT2D eigenvalue weighted by atomic mass is 9.78. The Kier molecular flexibility index (Phi) is 5.25. The molecule has 5 heteroatoms. The third-order valence-electron chi connectivity index (χ3n) is 5.46. The van der Waals surface area contributed by atoms with E-state index in [0.29, 0.717) is 18.4 Å². The summed E-state index contributed by atoms with van der Waals surface area (Å²) in [6.07, 6.45) is 4.28. The highest BCUT2D eigenvalue weighted by Gasteiger charge is 2.38. The SMILES string of the molecule is CC1CCCC(NC(=O)CN2CCC(C)C2C(=O)O)C1C. The normalized spacial score (nSPS) is 37.4. The molecule has 1 aliphatic heterocycles. The highest BCUT2D eigenvalue weighted by Crippen LogP contribution is 2.29. The maximum Gasteiger partial charge on any atom is 0.321 e. The van der Waals surface area contributed by atoms with E-state index in [0.717, 1.165) is 19.3 Å². The molecule has 1 heterocycles. The maximum absolute atomic E-state index is 12.2. The van der Waals surface area contributed by atoms with Crippen molar-refractivity contribution in [3.63, 3.8) is 0 Å². The topological polar surface area (TPSA) is 69.6 Å². The van der Waals surface area contributed by atoms with Crippen LogP contribution in [0.5, 0.6) is 0 Å². The molecule has 0 aromatic rings. The van der Waals surface area contributed by atoms with Gasteiger partial charge in [-0.05, 0) is 37.1 Å². The van der Waals surface area contributed by atoms with Gasteiger partial charge in [0, 0.05) is 6.04 Å². The second kappa shape index (κ2) is 6.77. The minimum absolute atomic E-state index is 0.0266. The number of nitrogens with zero attached hydrogens (tertiary/aromatic N) is 1. The van der Waals surface area contributed by atoms with Crippen molar-refractivity contribution < 1.29 is 14.7 Å². The van der Waals surface area contributed by atoms with Gasteiger partial charge in [-0.2, -0.15) is 0 Å². The summed E-state index contributed by atoms with van der Waals surface area (Å²) in [6, 6.07) is -0.275. The van der Waals surface area contributed by atoms with E-state index in [1.165, 1.54) is 6.42 Å². The minimum atomic E-state index is -0.813. The minimum Gasteiger partial charge on any atom is -0.480 e. The second-order valence-corrected chi connectivity index (χ2v) is 6.96. The summed E-state index contributed by atoms with van der Waals surface area (Å²) in [5.41, 5.74) is 0. The molecule has 1 saturated heterocycles. The second-order valence-electron chi connectivity index (χ2n) is 6.96. The van der Waals surface area contributed by atoms with E-state index in [1.807, 2.05) is 6.92 Å². The number of nitrogens with one attached hydrogen (secondary N) is 1. The van der Waals surface area contributed by atoms with Crippen molar-refractivity contribution in [1.82, 2.24) is 10.2 Å². The zero-order chi connectivity index (χ0) is 15.6. The lowest BCUT2D eigenvalue weighted by molar-refractivity contribution is -0.143. The molecular weight excluding hydrogens is 268 g/mol. The molecule has 5 atom stereocenters. The Balaban J connectivity index is 1.88. The third-order valence-corrected chi connectivity index (χ3v) is 5.46. The van der Waals surface area contributed by atoms with Crippen LogP contribution < -0.4 is 5.32 Å². The lowest BCUT2D eigenvalue weighted by Crippen LogP contribution is -2.49. The molecule has 0 bridgehead atoms. The van der Waals surface area contributed by atoms with Gasteiger partial charge in [0.1, 0.15) is 6.04 Å². The molecular formula is C16H28N2O3. The molecule has 0 aromatic heterocycles. The number of rotatable bonds is 4. The fourth-order valence-corrected chi connectivity index (χ4v) is 3.83. The van der Waals surface area contributed by atoms with Crippen LogP contribution in [0.3, 0.4) is 0 Å². The molecule has 5 unspecified atom stereocenters. The van der Waals surface area contributed by atoms with E-state index in [9.17, 15) is 14.7 Å². The Morgan fingerprint density at radius 1 is 1.14 bits per heavy atom. The number of hydrogen-bond donors (Lipinski definition) is 2. The summed E-state index contributed by atoms with van der Waals surface area (Å²) in [4.78, 5) is 25.4. The molecule has 120 valence electrons. The zero-order valence-electron chi connectivity index (χ0n) is 13.3. The summed E-state index contributed by atoms with van der Waals surface area (Å²) in [5, 5.41) is 12.4. The van der Waals surface area contributed by atoms with Gasteiger partial charge in [-0.1, -0.05) is 33.6 Å². The number of amides is 1. The number of hydrogen-bond acceptors (Lipinski definition) is 3. The smallest absolute Gasteiger partial charge is 0.321 e. The molecule has 1 aliphatic carbocycles. The van der Waals surface area contributed by atoms with Gasteiger partial charge in [0.25, 0.3) is 0 Å². The first-order valence-electron chi connectivity index (χ1n) is 8.16. The van der Waals surface area contributed by atoms with Crippen LogP contribution in [0, 0.1) is 17.8 Å². The predicted molar refractivity (Wildman–Crippen MR) is 80.9 cm³/mol. The van der Waals surface area contributed by atoms with Crippen molar-refractivity contribution in [2.24, 2.45) is 17.8 Å². The highest BCUT2D eigenvalue weighted by atomic mass is 16.4. The van der Waals surface area contributed by atoms with Crippen LogP contribution in [0.25, 0.3) is 0 Å². The van der Waals surface area contributed by atoms with Gasteiger partial charge >= 0.3 is 5.97 Å². The quantitative estimate of drug-likeness (QED) is 0.829. The maximum atomic E-state index is 12.2. The number of carbonyl (C=O) groups is 2. The molecule has 2 aliphatic rings. The zero-order valence-corrected chi connectivity index (χ0v) is 13.3. The molecule has 0 aromatic carbocycles. The molecule has 2 fully saturated rings. The van der Waals surface area contributed by atoms with Crippen molar-refractivity contribution in [3.8, 4) is 0 Å². The number of aliphatic carboxylic acids is 1. The average Bonchev–Trinajstić information content (AvgIpc) is 2.76. The fraction of sp³-hybridized carbons (Fsp3) is 0.875. The summed E-state index contributed by atoms with van der Waals surface area (Å²) in [7, 11) is 0. The van der Waals surface area contributed by atoms with Crippen LogP contribution in [0.15, 0.2) is 0 Å². The molecule has 1 amide bonds. The number of likely N-dealkylation sites (tertiary alicyclic amines) is 1. The number of carbonyl (C=O) groups excluding carboxylic acids is 1. The molecule has 0 spiro atoms. The van der Waals surface area contributed by atoms with E-state index in [1.54, 1.807) is 4.90 Å². The Morgan fingerprint density at radius 2 is 1.86 bits per heavy atom. The first-order valence-corrected chi connectivity index (χ1v) is 8.16. The third kappa shape index (κ3) is 3.76. The van der Waals surface area contributed by atoms with Gasteiger partial charge in [0.2, 0.25) is 5.91 Å². The van der Waals surface area contributed by atoms with Crippen LogP contribution in [0.4, 0.5) is 0 Å². The summed E-state index contributed by atoms with van der Waals surface area (Å²) < 4.78 is 0. The monoisotopic (exact) mass is 296 g/mol. The Labute approximate surface area is 127 Å². The van der Waals surface area contributed by atoms with Gasteiger partial charge in [0.15, 0.2) is 0 Å². The van der Waals surface area contributed by atoms with Crippen LogP contribution in [-0.4, -0.2) is 47.1 Å². The molecule has 1 saturated carbocycles. The van der Waals surface area contributed by atoms with Crippen LogP contribution >= 0.6 is 0 Å². The van der Waals surface area contributed by atoms with E-state index in [-0.39, 0.29) is 24.4 Å². The van der Waals surface area contributed by atoms with Crippen molar-refractivity contribution in [2.45, 2.75) is 58.5 Å². The number of carboxylic acids is 1. The predicted octanol–water partition coefficient (Wildman–Crippen LogP) is 1.72. The van der Waals surface area contributed by atoms with Gasteiger partial charge < -0.3 is 10.4 Å². The Hall–Kier alpha value is -1.10. The van der Waals surface area contributed by atoms with E-state index >= 15 is 0 Å². The largest absolute Gasteiger partial charge is 0.480 e. The van der Waals surface area contributed by atoms with Crippen LogP contribution in [0.1, 0.15) is 46.5 Å². The van der Waals surface area contributed by atoms with Crippen LogP contribution in [-0.2, 0) is 9.59 Å². The standard InChI is InChI=1S/C16H28N2O3/c1-10-5-4-6-13(12(10)3)17-14(19)9-18-8-7-11(2)15(18)16(20)21/h10-13,15H,4-9H2,1-3H3,(H,17,19)(H,20,21). The highest BCUT2D eigenvalue weighted by molar-refractivity contribution is 5.80. The van der Waals surface area contributed by atoms with Gasteiger partial charge in [-0.15, -0.1) is 0 Å². The van der Waals surface area contributed by atoms with Crippen molar-refractivity contribution >= 4 is 11.9 Å². The van der Waals surface area contributed by atoms with Crippen molar-refractivity contribution in [1.29, 1.82) is 0 Å². The molecule has 5 nitrogen and oxygen atoms in total. The first kappa shape index (κ1) is 16.3. The molecule has 2 N–H and O–H groups in total. The van der Waals surface area contributed by atoms with Gasteiger partial charge in [-0.25, -0.2) is 0 Å². The molecule has 2 rings (SSSR count). The van der Waals surface area contributed by atoms with Crippen molar-refractivity contribution in [2.75, 3.05) is 13.1 Å².